The minimum atomic E-state index is 0.116. The van der Waals surface area contributed by atoms with E-state index in [4.69, 9.17) is 4.74 Å². The van der Waals surface area contributed by atoms with Crippen LogP contribution < -0.4 is 0 Å². The number of benzene rings is 1. The highest BCUT2D eigenvalue weighted by molar-refractivity contribution is 7.99. The molecule has 0 saturated carbocycles. The number of carbonyl (C=O) groups excluding carboxylic acids is 1. The largest absolute Gasteiger partial charge is 0.381 e. The van der Waals surface area contributed by atoms with Gasteiger partial charge in [-0.1, -0.05) is 26.0 Å². The molecule has 100 valence electrons. The Morgan fingerprint density at radius 1 is 1.33 bits per heavy atom. The molecule has 2 nitrogen and oxygen atoms in total. The van der Waals surface area contributed by atoms with Gasteiger partial charge in [0.25, 0.3) is 0 Å². The smallest absolute Gasteiger partial charge is 0.159 e. The van der Waals surface area contributed by atoms with Gasteiger partial charge in [0, 0.05) is 22.8 Å². The fourth-order valence-corrected chi connectivity index (χ4v) is 2.27. The number of hydrogen-bond donors (Lipinski definition) is 0. The number of Topliss-reactive ketones (excluding diaryl/α,β-unsaturated/α-hetero) is 1. The normalized spacial score (nSPS) is 10.9. The van der Waals surface area contributed by atoms with Crippen molar-refractivity contribution in [3.05, 3.63) is 29.8 Å². The van der Waals surface area contributed by atoms with E-state index in [0.717, 1.165) is 35.8 Å². The maximum atomic E-state index is 11.2. The fourth-order valence-electron chi connectivity index (χ4n) is 1.44. The van der Waals surface area contributed by atoms with Crippen molar-refractivity contribution in [3.63, 3.8) is 0 Å². The Bertz CT molecular complexity index is 375. The van der Waals surface area contributed by atoms with Gasteiger partial charge in [-0.15, -0.1) is 11.8 Å². The third kappa shape index (κ3) is 6.22. The zero-order chi connectivity index (χ0) is 13.4. The third-order valence-electron chi connectivity index (χ3n) is 2.58. The fraction of sp³-hybridized carbons (Fsp3) is 0.533. The summed E-state index contributed by atoms with van der Waals surface area (Å²) in [6.07, 6.45) is 1.12. The lowest BCUT2D eigenvalue weighted by Crippen LogP contribution is -2.02. The second-order valence-corrected chi connectivity index (χ2v) is 5.90. The van der Waals surface area contributed by atoms with Crippen molar-refractivity contribution in [3.8, 4) is 0 Å². The van der Waals surface area contributed by atoms with Gasteiger partial charge in [0.2, 0.25) is 0 Å². The van der Waals surface area contributed by atoms with Gasteiger partial charge in [0.05, 0.1) is 6.61 Å². The SMILES string of the molecule is CC(=O)c1cccc(SCCOCCC(C)C)c1. The van der Waals surface area contributed by atoms with Crippen molar-refractivity contribution in [1.82, 2.24) is 0 Å². The lowest BCUT2D eigenvalue weighted by Gasteiger charge is -2.06. The summed E-state index contributed by atoms with van der Waals surface area (Å²) >= 11 is 1.73. The molecule has 0 amide bonds. The van der Waals surface area contributed by atoms with Gasteiger partial charge < -0.3 is 4.74 Å². The van der Waals surface area contributed by atoms with Crippen LogP contribution in [-0.4, -0.2) is 24.7 Å². The highest BCUT2D eigenvalue weighted by Gasteiger charge is 2.01. The van der Waals surface area contributed by atoms with Gasteiger partial charge in [-0.25, -0.2) is 0 Å². The van der Waals surface area contributed by atoms with Crippen LogP contribution in [0.15, 0.2) is 29.2 Å². The van der Waals surface area contributed by atoms with Crippen molar-refractivity contribution in [2.45, 2.75) is 32.1 Å². The van der Waals surface area contributed by atoms with E-state index in [1.54, 1.807) is 18.7 Å². The first kappa shape index (κ1) is 15.3. The van der Waals surface area contributed by atoms with Crippen LogP contribution >= 0.6 is 11.8 Å². The Balaban J connectivity index is 2.23. The maximum Gasteiger partial charge on any atom is 0.159 e. The van der Waals surface area contributed by atoms with Crippen LogP contribution in [0.5, 0.6) is 0 Å². The number of ketones is 1. The van der Waals surface area contributed by atoms with Crippen molar-refractivity contribution in [2.75, 3.05) is 19.0 Å². The van der Waals surface area contributed by atoms with E-state index in [9.17, 15) is 4.79 Å². The summed E-state index contributed by atoms with van der Waals surface area (Å²) in [5, 5.41) is 0. The predicted molar refractivity (Wildman–Crippen MR) is 77.4 cm³/mol. The molecule has 0 aliphatic carbocycles. The predicted octanol–water partition coefficient (Wildman–Crippen LogP) is 4.04. The molecule has 1 rings (SSSR count). The zero-order valence-corrected chi connectivity index (χ0v) is 12.3. The summed E-state index contributed by atoms with van der Waals surface area (Å²) in [4.78, 5) is 12.4. The van der Waals surface area contributed by atoms with Gasteiger partial charge >= 0.3 is 0 Å². The van der Waals surface area contributed by atoms with Crippen LogP contribution in [0.4, 0.5) is 0 Å². The van der Waals surface area contributed by atoms with E-state index < -0.39 is 0 Å². The Labute approximate surface area is 114 Å². The molecule has 0 fully saturated rings. The monoisotopic (exact) mass is 266 g/mol. The standard InChI is InChI=1S/C15H22O2S/c1-12(2)7-8-17-9-10-18-15-6-4-5-14(11-15)13(3)16/h4-6,11-12H,7-10H2,1-3H3. The summed E-state index contributed by atoms with van der Waals surface area (Å²) in [5.41, 5.74) is 0.778. The molecule has 0 aliphatic rings. The van der Waals surface area contributed by atoms with E-state index in [1.165, 1.54) is 0 Å². The summed E-state index contributed by atoms with van der Waals surface area (Å²) in [6, 6.07) is 7.76. The molecule has 0 spiro atoms. The molecular formula is C15H22O2S. The molecule has 0 heterocycles. The van der Waals surface area contributed by atoms with Crippen molar-refractivity contribution < 1.29 is 9.53 Å². The first-order valence-corrected chi connectivity index (χ1v) is 7.39. The summed E-state index contributed by atoms with van der Waals surface area (Å²) in [7, 11) is 0. The molecule has 0 radical (unpaired) electrons. The molecule has 1 aromatic rings. The van der Waals surface area contributed by atoms with Gasteiger partial charge in [0.15, 0.2) is 5.78 Å². The molecule has 3 heteroatoms. The molecule has 1 aromatic carbocycles. The highest BCUT2D eigenvalue weighted by Crippen LogP contribution is 2.19. The molecule has 0 aliphatic heterocycles. The summed E-state index contributed by atoms with van der Waals surface area (Å²) in [6.45, 7) is 7.60. The van der Waals surface area contributed by atoms with E-state index in [-0.39, 0.29) is 5.78 Å². The second-order valence-electron chi connectivity index (χ2n) is 4.73. The Morgan fingerprint density at radius 3 is 2.78 bits per heavy atom. The van der Waals surface area contributed by atoms with E-state index in [1.807, 2.05) is 24.3 Å². The topological polar surface area (TPSA) is 26.3 Å². The molecule has 18 heavy (non-hydrogen) atoms. The number of carbonyl (C=O) groups is 1. The first-order valence-electron chi connectivity index (χ1n) is 6.41. The van der Waals surface area contributed by atoms with E-state index in [0.29, 0.717) is 5.92 Å². The second kappa shape index (κ2) is 8.33. The van der Waals surface area contributed by atoms with E-state index in [2.05, 4.69) is 13.8 Å². The maximum absolute atomic E-state index is 11.2. The lowest BCUT2D eigenvalue weighted by molar-refractivity contribution is 0.101. The van der Waals surface area contributed by atoms with Crippen molar-refractivity contribution in [1.29, 1.82) is 0 Å². The minimum Gasteiger partial charge on any atom is -0.381 e. The van der Waals surface area contributed by atoms with E-state index >= 15 is 0 Å². The van der Waals surface area contributed by atoms with Crippen LogP contribution in [0.25, 0.3) is 0 Å². The van der Waals surface area contributed by atoms with Gasteiger partial charge in [0.1, 0.15) is 0 Å². The molecule has 0 atom stereocenters. The first-order chi connectivity index (χ1) is 8.59. The van der Waals surface area contributed by atoms with Crippen LogP contribution in [0.2, 0.25) is 0 Å². The van der Waals surface area contributed by atoms with Crippen molar-refractivity contribution in [2.24, 2.45) is 5.92 Å². The molecular weight excluding hydrogens is 244 g/mol. The molecule has 0 unspecified atom stereocenters. The van der Waals surface area contributed by atoms with Crippen molar-refractivity contribution >= 4 is 17.5 Å². The number of rotatable bonds is 8. The number of hydrogen-bond acceptors (Lipinski definition) is 3. The van der Waals surface area contributed by atoms with Crippen LogP contribution in [-0.2, 0) is 4.74 Å². The molecule has 0 saturated heterocycles. The average Bonchev–Trinajstić information content (AvgIpc) is 2.33. The Morgan fingerprint density at radius 2 is 2.11 bits per heavy atom. The highest BCUT2D eigenvalue weighted by atomic mass is 32.2. The van der Waals surface area contributed by atoms with Gasteiger partial charge in [-0.05, 0) is 31.4 Å². The van der Waals surface area contributed by atoms with Crippen LogP contribution in [0.3, 0.4) is 0 Å². The molecule has 0 aromatic heterocycles. The lowest BCUT2D eigenvalue weighted by atomic mass is 10.1. The quantitative estimate of drug-likeness (QED) is 0.403. The van der Waals surface area contributed by atoms with Gasteiger partial charge in [-0.2, -0.15) is 0 Å². The Hall–Kier alpha value is -0.800. The summed E-state index contributed by atoms with van der Waals surface area (Å²) < 4.78 is 5.56. The average molecular weight is 266 g/mol. The number of ether oxygens (including phenoxy) is 1. The zero-order valence-electron chi connectivity index (χ0n) is 11.4. The molecule has 0 N–H and O–H groups in total. The van der Waals surface area contributed by atoms with Crippen LogP contribution in [0.1, 0.15) is 37.6 Å². The number of thioether (sulfide) groups is 1. The molecule has 0 bridgehead atoms. The Kier molecular flexibility index (Phi) is 7.06. The van der Waals surface area contributed by atoms with Gasteiger partial charge in [-0.3, -0.25) is 4.79 Å². The minimum absolute atomic E-state index is 0.116. The summed E-state index contributed by atoms with van der Waals surface area (Å²) in [5.74, 6) is 1.75. The van der Waals surface area contributed by atoms with Crippen LogP contribution in [0, 0.1) is 5.92 Å². The third-order valence-corrected chi connectivity index (χ3v) is 3.53.